The van der Waals surface area contributed by atoms with Crippen molar-refractivity contribution in [2.45, 2.75) is 46.6 Å². The van der Waals surface area contributed by atoms with Gasteiger partial charge in [-0.2, -0.15) is 5.10 Å². The van der Waals surface area contributed by atoms with Gasteiger partial charge in [0.1, 0.15) is 5.60 Å². The number of fused-ring (bicyclic) bond motifs is 1. The van der Waals surface area contributed by atoms with Gasteiger partial charge in [0, 0.05) is 17.5 Å². The van der Waals surface area contributed by atoms with E-state index in [9.17, 15) is 9.59 Å². The summed E-state index contributed by atoms with van der Waals surface area (Å²) in [5.41, 5.74) is 3.96. The Morgan fingerprint density at radius 2 is 1.68 bits per heavy atom. The molecule has 0 radical (unpaired) electrons. The van der Waals surface area contributed by atoms with Crippen molar-refractivity contribution in [1.82, 2.24) is 10.2 Å². The highest BCUT2D eigenvalue weighted by molar-refractivity contribution is 5.86. The minimum absolute atomic E-state index is 0.182. The van der Waals surface area contributed by atoms with Gasteiger partial charge in [-0.05, 0) is 75.6 Å². The molecule has 1 amide bonds. The molecule has 0 saturated carbocycles. The molecule has 0 saturated heterocycles. The van der Waals surface area contributed by atoms with Crippen molar-refractivity contribution in [3.05, 3.63) is 69.1 Å². The molecule has 28 heavy (non-hydrogen) atoms. The van der Waals surface area contributed by atoms with Gasteiger partial charge in [-0.25, -0.2) is 9.89 Å². The zero-order valence-corrected chi connectivity index (χ0v) is 16.8. The van der Waals surface area contributed by atoms with E-state index in [-0.39, 0.29) is 5.56 Å². The molecule has 0 aliphatic rings. The molecule has 0 atom stereocenters. The quantitative estimate of drug-likeness (QED) is 0.703. The van der Waals surface area contributed by atoms with Crippen LogP contribution in [0, 0.1) is 13.8 Å². The van der Waals surface area contributed by atoms with E-state index in [1.54, 1.807) is 0 Å². The second-order valence-corrected chi connectivity index (χ2v) is 7.98. The van der Waals surface area contributed by atoms with Gasteiger partial charge in [0.05, 0.1) is 11.1 Å². The van der Waals surface area contributed by atoms with Crippen LogP contribution in [-0.2, 0) is 11.2 Å². The van der Waals surface area contributed by atoms with Crippen molar-refractivity contribution in [2.24, 2.45) is 0 Å². The zero-order valence-electron chi connectivity index (χ0n) is 16.8. The molecule has 1 aromatic heterocycles. The van der Waals surface area contributed by atoms with Crippen LogP contribution >= 0.6 is 0 Å². The molecule has 6 heteroatoms. The summed E-state index contributed by atoms with van der Waals surface area (Å²) in [5, 5.41) is 11.1. The number of hydrogen-bond donors (Lipinski definition) is 2. The summed E-state index contributed by atoms with van der Waals surface area (Å²) in [6, 6.07) is 11.4. The smallest absolute Gasteiger partial charge is 0.412 e. The van der Waals surface area contributed by atoms with E-state index >= 15 is 0 Å². The number of aryl methyl sites for hydroxylation is 2. The predicted molar refractivity (Wildman–Crippen MR) is 111 cm³/mol. The van der Waals surface area contributed by atoms with Crippen molar-refractivity contribution < 1.29 is 9.53 Å². The molecule has 0 bridgehead atoms. The molecule has 2 N–H and O–H groups in total. The van der Waals surface area contributed by atoms with Gasteiger partial charge in [0.25, 0.3) is 5.56 Å². The van der Waals surface area contributed by atoms with E-state index in [4.69, 9.17) is 4.74 Å². The number of hydrogen-bond acceptors (Lipinski definition) is 4. The lowest BCUT2D eigenvalue weighted by molar-refractivity contribution is 0.0636. The molecular weight excluding hydrogens is 354 g/mol. The van der Waals surface area contributed by atoms with E-state index in [0.717, 1.165) is 27.8 Å². The maximum atomic E-state index is 12.1. The van der Waals surface area contributed by atoms with Crippen molar-refractivity contribution in [2.75, 3.05) is 5.32 Å². The van der Waals surface area contributed by atoms with Crippen LogP contribution in [-0.4, -0.2) is 21.9 Å². The monoisotopic (exact) mass is 379 g/mol. The highest BCUT2D eigenvalue weighted by atomic mass is 16.6. The molecule has 3 aromatic rings. The maximum Gasteiger partial charge on any atom is 0.412 e. The first kappa shape index (κ1) is 19.6. The number of H-pyrrole nitrogens is 1. The lowest BCUT2D eigenvalue weighted by Crippen LogP contribution is -2.27. The minimum atomic E-state index is -0.544. The van der Waals surface area contributed by atoms with Crippen LogP contribution in [0.4, 0.5) is 10.5 Å². The topological polar surface area (TPSA) is 84.1 Å². The van der Waals surface area contributed by atoms with Gasteiger partial charge < -0.3 is 4.74 Å². The van der Waals surface area contributed by atoms with E-state index in [2.05, 4.69) is 15.5 Å². The highest BCUT2D eigenvalue weighted by Crippen LogP contribution is 2.21. The van der Waals surface area contributed by atoms with Crippen LogP contribution < -0.4 is 10.9 Å². The first-order valence-electron chi connectivity index (χ1n) is 9.20. The van der Waals surface area contributed by atoms with Gasteiger partial charge in [-0.1, -0.05) is 12.1 Å². The van der Waals surface area contributed by atoms with Gasteiger partial charge in [0.15, 0.2) is 0 Å². The number of aromatic nitrogens is 2. The first-order chi connectivity index (χ1) is 13.1. The third-order valence-corrected chi connectivity index (χ3v) is 4.45. The van der Waals surface area contributed by atoms with Crippen molar-refractivity contribution in [3.63, 3.8) is 0 Å². The van der Waals surface area contributed by atoms with Crippen LogP contribution in [0.2, 0.25) is 0 Å². The van der Waals surface area contributed by atoms with Crippen molar-refractivity contribution in [3.8, 4) is 0 Å². The number of amides is 1. The van der Waals surface area contributed by atoms with Crippen LogP contribution in [0.5, 0.6) is 0 Å². The van der Waals surface area contributed by atoms with Gasteiger partial charge in [-0.3, -0.25) is 10.1 Å². The van der Waals surface area contributed by atoms with E-state index < -0.39 is 11.7 Å². The third-order valence-electron chi connectivity index (χ3n) is 4.45. The molecular formula is C22H25N3O3. The fourth-order valence-corrected chi connectivity index (χ4v) is 2.94. The van der Waals surface area contributed by atoms with Crippen LogP contribution in [0.25, 0.3) is 10.8 Å². The average molecular weight is 379 g/mol. The summed E-state index contributed by atoms with van der Waals surface area (Å²) < 4.78 is 5.25. The number of ether oxygens (including phenoxy) is 1. The summed E-state index contributed by atoms with van der Waals surface area (Å²) in [6.07, 6.45) is 0.0852. The lowest BCUT2D eigenvalue weighted by Gasteiger charge is -2.19. The second-order valence-electron chi connectivity index (χ2n) is 7.98. The van der Waals surface area contributed by atoms with Crippen molar-refractivity contribution >= 4 is 22.6 Å². The third kappa shape index (κ3) is 4.57. The number of nitrogens with zero attached hydrogens (tertiary/aromatic N) is 1. The Kier molecular flexibility index (Phi) is 5.23. The normalized spacial score (nSPS) is 11.5. The van der Waals surface area contributed by atoms with Crippen molar-refractivity contribution in [1.29, 1.82) is 0 Å². The van der Waals surface area contributed by atoms with Gasteiger partial charge in [-0.15, -0.1) is 0 Å². The minimum Gasteiger partial charge on any atom is -0.444 e. The van der Waals surface area contributed by atoms with E-state index in [1.165, 1.54) is 0 Å². The standard InChI is InChI=1S/C22H25N3O3/c1-13-10-17-18(11-14(13)2)20(26)25-24-19(17)12-15-6-8-16(9-7-15)23-21(27)28-22(3,4)5/h6-11H,12H2,1-5H3,(H,23,27)(H,25,26). The first-order valence-corrected chi connectivity index (χ1v) is 9.20. The molecule has 3 rings (SSSR count). The van der Waals surface area contributed by atoms with Crippen LogP contribution in [0.15, 0.2) is 41.2 Å². The number of carbonyl (C=O) groups is 1. The Morgan fingerprint density at radius 1 is 1.07 bits per heavy atom. The summed E-state index contributed by atoms with van der Waals surface area (Å²) in [6.45, 7) is 9.47. The molecule has 146 valence electrons. The molecule has 0 aliphatic carbocycles. The summed E-state index contributed by atoms with van der Waals surface area (Å²) in [4.78, 5) is 24.0. The number of anilines is 1. The van der Waals surface area contributed by atoms with Crippen LogP contribution in [0.3, 0.4) is 0 Å². The Morgan fingerprint density at radius 3 is 2.29 bits per heavy atom. The van der Waals surface area contributed by atoms with Gasteiger partial charge >= 0.3 is 6.09 Å². The molecule has 0 fully saturated rings. The number of aromatic amines is 1. The predicted octanol–water partition coefficient (Wildman–Crippen LogP) is 4.48. The maximum absolute atomic E-state index is 12.1. The number of nitrogens with one attached hydrogen (secondary N) is 2. The SMILES string of the molecule is Cc1cc2c(Cc3ccc(NC(=O)OC(C)(C)C)cc3)n[nH]c(=O)c2cc1C. The molecule has 6 nitrogen and oxygen atoms in total. The summed E-state index contributed by atoms with van der Waals surface area (Å²) in [5.74, 6) is 0. The Bertz CT molecular complexity index is 1080. The summed E-state index contributed by atoms with van der Waals surface area (Å²) in [7, 11) is 0. The zero-order chi connectivity index (χ0) is 20.5. The Labute approximate surface area is 163 Å². The molecule has 0 spiro atoms. The molecule has 1 heterocycles. The highest BCUT2D eigenvalue weighted by Gasteiger charge is 2.16. The molecule has 0 aliphatic heterocycles. The van der Waals surface area contributed by atoms with Crippen LogP contribution in [0.1, 0.15) is 43.2 Å². The Balaban J connectivity index is 1.81. The summed E-state index contributed by atoms with van der Waals surface area (Å²) >= 11 is 0. The molecule has 2 aromatic carbocycles. The number of carbonyl (C=O) groups excluding carboxylic acids is 1. The van der Waals surface area contributed by atoms with E-state index in [1.807, 2.05) is 71.0 Å². The largest absolute Gasteiger partial charge is 0.444 e. The second kappa shape index (κ2) is 7.46. The van der Waals surface area contributed by atoms with E-state index in [0.29, 0.717) is 17.5 Å². The number of benzene rings is 2. The lowest BCUT2D eigenvalue weighted by atomic mass is 10.00. The van der Waals surface area contributed by atoms with Gasteiger partial charge in [0.2, 0.25) is 0 Å². The Hall–Kier alpha value is -3.15. The molecule has 0 unspecified atom stereocenters. The fourth-order valence-electron chi connectivity index (χ4n) is 2.94. The fraction of sp³-hybridized carbons (Fsp3) is 0.318. The number of rotatable bonds is 3. The average Bonchev–Trinajstić information content (AvgIpc) is 2.59.